The second-order valence-corrected chi connectivity index (χ2v) is 5.67. The lowest BCUT2D eigenvalue weighted by Crippen LogP contribution is -2.28. The van der Waals surface area contributed by atoms with Gasteiger partial charge in [0.25, 0.3) is 0 Å². The van der Waals surface area contributed by atoms with E-state index in [-0.39, 0.29) is 0 Å². The van der Waals surface area contributed by atoms with E-state index >= 15 is 0 Å². The van der Waals surface area contributed by atoms with Gasteiger partial charge in [-0.2, -0.15) is 0 Å². The van der Waals surface area contributed by atoms with Gasteiger partial charge in [-0.05, 0) is 48.6 Å². The van der Waals surface area contributed by atoms with Crippen LogP contribution in [0, 0.1) is 5.92 Å². The van der Waals surface area contributed by atoms with Gasteiger partial charge in [-0.15, -0.1) is 0 Å². The molecule has 1 aromatic rings. The summed E-state index contributed by atoms with van der Waals surface area (Å²) >= 11 is 0. The Morgan fingerprint density at radius 1 is 1.11 bits per heavy atom. The second kappa shape index (κ2) is 6.04. The molecule has 0 aliphatic heterocycles. The van der Waals surface area contributed by atoms with Crippen molar-refractivity contribution in [3.63, 3.8) is 0 Å². The molecule has 1 aliphatic rings. The summed E-state index contributed by atoms with van der Waals surface area (Å²) in [5.74, 6) is 0.733. The minimum Gasteiger partial charge on any atom is -0.0911 e. The predicted molar refractivity (Wildman–Crippen MR) is 80.6 cm³/mol. The highest BCUT2D eigenvalue weighted by Gasteiger charge is 2.16. The van der Waals surface area contributed by atoms with Gasteiger partial charge in [-0.1, -0.05) is 61.8 Å². The van der Waals surface area contributed by atoms with Crippen molar-refractivity contribution in [1.29, 1.82) is 0 Å². The standard InChI is InChI=1S/C18H24/c1-14(2)13-18(16-10-5-4-6-11-16)17-12-8-7-9-15(17)3/h7-9,12-13,16H,3-6,10-11H2,1-2H3/b18-17+. The van der Waals surface area contributed by atoms with Crippen LogP contribution in [0.25, 0.3) is 12.2 Å². The molecule has 1 aliphatic carbocycles. The van der Waals surface area contributed by atoms with Crippen LogP contribution in [0.2, 0.25) is 0 Å². The van der Waals surface area contributed by atoms with E-state index < -0.39 is 0 Å². The van der Waals surface area contributed by atoms with Gasteiger partial charge in [0.15, 0.2) is 0 Å². The molecular formula is C18H24. The van der Waals surface area contributed by atoms with Crippen LogP contribution in [-0.2, 0) is 0 Å². The summed E-state index contributed by atoms with van der Waals surface area (Å²) in [6, 6.07) is 8.56. The molecule has 0 nitrogen and oxygen atoms in total. The summed E-state index contributed by atoms with van der Waals surface area (Å²) < 4.78 is 0. The molecule has 0 spiro atoms. The molecule has 1 saturated carbocycles. The zero-order valence-electron chi connectivity index (χ0n) is 11.7. The first kappa shape index (κ1) is 13.1. The third kappa shape index (κ3) is 3.13. The van der Waals surface area contributed by atoms with E-state index in [1.54, 1.807) is 0 Å². The van der Waals surface area contributed by atoms with Gasteiger partial charge >= 0.3 is 0 Å². The van der Waals surface area contributed by atoms with E-state index in [1.807, 2.05) is 0 Å². The minimum atomic E-state index is 0.733. The van der Waals surface area contributed by atoms with Crippen molar-refractivity contribution < 1.29 is 0 Å². The molecule has 0 N–H and O–H groups in total. The van der Waals surface area contributed by atoms with Gasteiger partial charge in [0.2, 0.25) is 0 Å². The second-order valence-electron chi connectivity index (χ2n) is 5.67. The fraction of sp³-hybridized carbons (Fsp3) is 0.444. The van der Waals surface area contributed by atoms with Gasteiger partial charge in [-0.25, -0.2) is 0 Å². The van der Waals surface area contributed by atoms with Crippen LogP contribution in [0.5, 0.6) is 0 Å². The third-order valence-electron chi connectivity index (χ3n) is 3.82. The molecule has 0 atom stereocenters. The van der Waals surface area contributed by atoms with Gasteiger partial charge in [0.1, 0.15) is 0 Å². The topological polar surface area (TPSA) is 0 Å². The molecule has 0 unspecified atom stereocenters. The maximum Gasteiger partial charge on any atom is -0.0155 e. The van der Waals surface area contributed by atoms with E-state index in [0.717, 1.165) is 11.1 Å². The maximum atomic E-state index is 4.19. The van der Waals surface area contributed by atoms with Crippen LogP contribution in [-0.4, -0.2) is 0 Å². The number of rotatable bonds is 2. The highest BCUT2D eigenvalue weighted by Crippen LogP contribution is 2.30. The zero-order chi connectivity index (χ0) is 13.0. The Hall–Kier alpha value is -1.30. The average Bonchev–Trinajstić information content (AvgIpc) is 2.38. The van der Waals surface area contributed by atoms with Crippen molar-refractivity contribution in [3.05, 3.63) is 46.4 Å². The summed E-state index contributed by atoms with van der Waals surface area (Å²) in [4.78, 5) is 0. The quantitative estimate of drug-likeness (QED) is 0.737. The molecule has 0 radical (unpaired) electrons. The Morgan fingerprint density at radius 3 is 2.39 bits per heavy atom. The molecule has 0 aromatic heterocycles. The molecule has 1 fully saturated rings. The Kier molecular flexibility index (Phi) is 4.41. The lowest BCUT2D eigenvalue weighted by molar-refractivity contribution is 0.429. The van der Waals surface area contributed by atoms with Gasteiger partial charge < -0.3 is 0 Å². The number of benzene rings is 1. The summed E-state index contributed by atoms with van der Waals surface area (Å²) in [7, 11) is 0. The van der Waals surface area contributed by atoms with Crippen LogP contribution in [0.4, 0.5) is 0 Å². The van der Waals surface area contributed by atoms with Crippen molar-refractivity contribution in [2.24, 2.45) is 5.92 Å². The third-order valence-corrected chi connectivity index (χ3v) is 3.82. The molecule has 0 heterocycles. The first-order valence-electron chi connectivity index (χ1n) is 7.11. The molecule has 2 rings (SSSR count). The van der Waals surface area contributed by atoms with E-state index in [1.165, 1.54) is 48.5 Å². The summed E-state index contributed by atoms with van der Waals surface area (Å²) in [5, 5.41) is 2.51. The molecule has 0 heteroatoms. The largest absolute Gasteiger partial charge is 0.0911 e. The summed E-state index contributed by atoms with van der Waals surface area (Å²) in [6.07, 6.45) is 9.22. The molecule has 1 aromatic carbocycles. The smallest absolute Gasteiger partial charge is 0.0155 e. The lowest BCUT2D eigenvalue weighted by Gasteiger charge is -2.23. The van der Waals surface area contributed by atoms with E-state index in [4.69, 9.17) is 0 Å². The maximum absolute atomic E-state index is 4.19. The van der Waals surface area contributed by atoms with Crippen molar-refractivity contribution in [3.8, 4) is 0 Å². The summed E-state index contributed by atoms with van der Waals surface area (Å²) in [5.41, 5.74) is 2.90. The summed E-state index contributed by atoms with van der Waals surface area (Å²) in [6.45, 7) is 8.57. The highest BCUT2D eigenvalue weighted by atomic mass is 14.2. The lowest BCUT2D eigenvalue weighted by atomic mass is 9.82. The van der Waals surface area contributed by atoms with Crippen molar-refractivity contribution in [2.45, 2.75) is 46.0 Å². The Bertz CT molecular complexity index is 523. The van der Waals surface area contributed by atoms with Crippen LogP contribution in [0.1, 0.15) is 46.0 Å². The van der Waals surface area contributed by atoms with E-state index in [2.05, 4.69) is 50.8 Å². The molecular weight excluding hydrogens is 216 g/mol. The molecule has 0 bridgehead atoms. The molecule has 96 valence electrons. The Balaban J connectivity index is 2.55. The molecule has 0 saturated heterocycles. The van der Waals surface area contributed by atoms with Crippen molar-refractivity contribution in [1.82, 2.24) is 0 Å². The van der Waals surface area contributed by atoms with E-state index in [9.17, 15) is 0 Å². The zero-order valence-corrected chi connectivity index (χ0v) is 11.7. The highest BCUT2D eigenvalue weighted by molar-refractivity contribution is 5.60. The van der Waals surface area contributed by atoms with Crippen LogP contribution in [0.3, 0.4) is 0 Å². The Labute approximate surface area is 111 Å². The predicted octanol–water partition coefficient (Wildman–Crippen LogP) is 3.79. The van der Waals surface area contributed by atoms with Gasteiger partial charge in [0, 0.05) is 0 Å². The van der Waals surface area contributed by atoms with Crippen LogP contribution < -0.4 is 10.4 Å². The normalized spacial score (nSPS) is 18.3. The number of allylic oxidation sites excluding steroid dienone is 2. The molecule has 18 heavy (non-hydrogen) atoms. The van der Waals surface area contributed by atoms with Crippen molar-refractivity contribution in [2.75, 3.05) is 0 Å². The minimum absolute atomic E-state index is 0.733. The van der Waals surface area contributed by atoms with Gasteiger partial charge in [-0.3, -0.25) is 0 Å². The van der Waals surface area contributed by atoms with Crippen LogP contribution in [0.15, 0.2) is 35.9 Å². The van der Waals surface area contributed by atoms with Crippen LogP contribution >= 0.6 is 0 Å². The first-order chi connectivity index (χ1) is 8.68. The molecule has 0 amide bonds. The van der Waals surface area contributed by atoms with E-state index in [0.29, 0.717) is 0 Å². The average molecular weight is 240 g/mol. The number of hydrogen-bond donors (Lipinski definition) is 0. The van der Waals surface area contributed by atoms with Gasteiger partial charge in [0.05, 0.1) is 0 Å². The Morgan fingerprint density at radius 2 is 1.78 bits per heavy atom. The van der Waals surface area contributed by atoms with Crippen molar-refractivity contribution >= 4 is 12.2 Å². The SMILES string of the molecule is C=c1cccc/c1=C(/C=C(C)C)C1CCCCC1. The first-order valence-corrected chi connectivity index (χ1v) is 7.11. The number of hydrogen-bond acceptors (Lipinski definition) is 0. The fourth-order valence-corrected chi connectivity index (χ4v) is 2.94. The monoisotopic (exact) mass is 240 g/mol. The fourth-order valence-electron chi connectivity index (χ4n) is 2.94.